The standard InChI is InChI=1S/C25H28N6OS2/c1-18-14-21(19(2)31(18)24-26-10-13-33-24)22(32)17-34-25-28-27-23(16-29-11-6-7-12-29)30(25)15-20-8-4-3-5-9-20/h3-5,8-10,13-14H,6-7,11-12,15-17H2,1-2H3. The highest BCUT2D eigenvalue weighted by Gasteiger charge is 2.21. The number of thiazole rings is 1. The number of rotatable bonds is 9. The van der Waals surface area contributed by atoms with Gasteiger partial charge in [0.15, 0.2) is 16.1 Å². The first-order valence-electron chi connectivity index (χ1n) is 11.5. The Morgan fingerprint density at radius 2 is 1.88 bits per heavy atom. The topological polar surface area (TPSA) is 68.8 Å². The van der Waals surface area contributed by atoms with E-state index in [0.717, 1.165) is 52.7 Å². The highest BCUT2D eigenvalue weighted by molar-refractivity contribution is 7.99. The zero-order chi connectivity index (χ0) is 23.5. The van der Waals surface area contributed by atoms with Crippen molar-refractivity contribution in [1.82, 2.24) is 29.2 Å². The van der Waals surface area contributed by atoms with E-state index in [0.29, 0.717) is 12.3 Å². The van der Waals surface area contributed by atoms with E-state index in [4.69, 9.17) is 0 Å². The van der Waals surface area contributed by atoms with E-state index in [1.165, 1.54) is 30.2 Å². The number of carbonyl (C=O) groups is 1. The molecule has 4 aromatic rings. The smallest absolute Gasteiger partial charge is 0.193 e. The number of nitrogens with zero attached hydrogens (tertiary/aromatic N) is 6. The number of hydrogen-bond donors (Lipinski definition) is 0. The van der Waals surface area contributed by atoms with Crippen molar-refractivity contribution in [2.75, 3.05) is 18.8 Å². The van der Waals surface area contributed by atoms with Gasteiger partial charge in [0.2, 0.25) is 0 Å². The van der Waals surface area contributed by atoms with E-state index in [9.17, 15) is 4.79 Å². The van der Waals surface area contributed by atoms with Crippen molar-refractivity contribution in [3.8, 4) is 5.13 Å². The Balaban J connectivity index is 1.35. The van der Waals surface area contributed by atoms with Crippen molar-refractivity contribution in [3.05, 3.63) is 76.3 Å². The first kappa shape index (κ1) is 23.0. The zero-order valence-corrected chi connectivity index (χ0v) is 21.1. The molecule has 0 unspecified atom stereocenters. The summed E-state index contributed by atoms with van der Waals surface area (Å²) in [6.07, 6.45) is 4.26. The van der Waals surface area contributed by atoms with Crippen LogP contribution in [0.3, 0.4) is 0 Å². The van der Waals surface area contributed by atoms with E-state index in [1.807, 2.05) is 43.5 Å². The molecule has 0 amide bonds. The van der Waals surface area contributed by atoms with Crippen molar-refractivity contribution >= 4 is 28.9 Å². The Kier molecular flexibility index (Phi) is 6.94. The second-order valence-corrected chi connectivity index (χ2v) is 10.4. The quantitative estimate of drug-likeness (QED) is 0.248. The number of Topliss-reactive ketones (excluding diaryl/α,β-unsaturated/α-hetero) is 1. The lowest BCUT2D eigenvalue weighted by Gasteiger charge is -2.16. The molecule has 5 rings (SSSR count). The van der Waals surface area contributed by atoms with Crippen LogP contribution in [0.5, 0.6) is 0 Å². The maximum atomic E-state index is 13.2. The Morgan fingerprint density at radius 1 is 1.09 bits per heavy atom. The molecule has 1 fully saturated rings. The van der Waals surface area contributed by atoms with Gasteiger partial charge in [-0.3, -0.25) is 14.3 Å². The SMILES string of the molecule is Cc1cc(C(=O)CSc2nnc(CN3CCCC3)n2Cc2ccccc2)c(C)n1-c1nccs1. The number of likely N-dealkylation sites (tertiary alicyclic amines) is 1. The predicted octanol–water partition coefficient (Wildman–Crippen LogP) is 4.76. The Labute approximate surface area is 207 Å². The minimum absolute atomic E-state index is 0.0938. The average Bonchev–Trinajstić information content (AvgIpc) is 3.64. The minimum atomic E-state index is 0.0938. The largest absolute Gasteiger partial charge is 0.300 e. The van der Waals surface area contributed by atoms with Crippen LogP contribution in [0.1, 0.15) is 46.0 Å². The number of hydrogen-bond acceptors (Lipinski definition) is 7. The molecule has 34 heavy (non-hydrogen) atoms. The molecular weight excluding hydrogens is 464 g/mol. The molecule has 176 valence electrons. The van der Waals surface area contributed by atoms with Gasteiger partial charge in [-0.2, -0.15) is 0 Å². The van der Waals surface area contributed by atoms with E-state index in [2.05, 4.69) is 41.3 Å². The van der Waals surface area contributed by atoms with Crippen LogP contribution < -0.4 is 0 Å². The third-order valence-electron chi connectivity index (χ3n) is 6.22. The fourth-order valence-corrected chi connectivity index (χ4v) is 6.07. The van der Waals surface area contributed by atoms with E-state index >= 15 is 0 Å². The van der Waals surface area contributed by atoms with E-state index in [-0.39, 0.29) is 5.78 Å². The third-order valence-corrected chi connectivity index (χ3v) is 7.94. The fraction of sp³-hybridized carbons (Fsp3) is 0.360. The van der Waals surface area contributed by atoms with Crippen LogP contribution in [0, 0.1) is 13.8 Å². The fourth-order valence-electron chi connectivity index (χ4n) is 4.48. The molecule has 0 spiro atoms. The number of benzene rings is 1. The van der Waals surface area contributed by atoms with Crippen molar-refractivity contribution in [2.45, 2.75) is 44.9 Å². The first-order valence-corrected chi connectivity index (χ1v) is 13.4. The van der Waals surface area contributed by atoms with Crippen LogP contribution in [-0.4, -0.2) is 53.8 Å². The van der Waals surface area contributed by atoms with E-state index in [1.54, 1.807) is 17.5 Å². The number of aromatic nitrogens is 5. The first-order chi connectivity index (χ1) is 16.6. The normalized spacial score (nSPS) is 14.2. The highest BCUT2D eigenvalue weighted by Crippen LogP contribution is 2.26. The van der Waals surface area contributed by atoms with Crippen LogP contribution in [0.15, 0.2) is 53.1 Å². The number of carbonyl (C=O) groups excluding carboxylic acids is 1. The van der Waals surface area contributed by atoms with Gasteiger partial charge in [-0.1, -0.05) is 42.1 Å². The molecule has 0 N–H and O–H groups in total. The molecule has 1 aliphatic rings. The summed E-state index contributed by atoms with van der Waals surface area (Å²) in [6, 6.07) is 12.3. The second-order valence-electron chi connectivity index (χ2n) is 8.60. The van der Waals surface area contributed by atoms with Gasteiger partial charge in [0, 0.05) is 28.5 Å². The Bertz CT molecular complexity index is 1260. The van der Waals surface area contributed by atoms with Crippen LogP contribution in [0.2, 0.25) is 0 Å². The molecule has 0 radical (unpaired) electrons. The molecule has 0 aliphatic carbocycles. The molecular formula is C25H28N6OS2. The van der Waals surface area contributed by atoms with Gasteiger partial charge in [0.05, 0.1) is 18.8 Å². The lowest BCUT2D eigenvalue weighted by molar-refractivity contribution is 0.102. The van der Waals surface area contributed by atoms with Crippen molar-refractivity contribution in [3.63, 3.8) is 0 Å². The van der Waals surface area contributed by atoms with Crippen molar-refractivity contribution < 1.29 is 4.79 Å². The van der Waals surface area contributed by atoms with Gasteiger partial charge in [0.25, 0.3) is 0 Å². The van der Waals surface area contributed by atoms with Gasteiger partial charge >= 0.3 is 0 Å². The summed E-state index contributed by atoms with van der Waals surface area (Å²) in [6.45, 7) is 7.70. The van der Waals surface area contributed by atoms with Crippen LogP contribution in [0.4, 0.5) is 0 Å². The van der Waals surface area contributed by atoms with Gasteiger partial charge in [0.1, 0.15) is 5.82 Å². The summed E-state index contributed by atoms with van der Waals surface area (Å²) in [5.41, 5.74) is 3.89. The van der Waals surface area contributed by atoms with Crippen molar-refractivity contribution in [2.24, 2.45) is 0 Å². The minimum Gasteiger partial charge on any atom is -0.300 e. The predicted molar refractivity (Wildman–Crippen MR) is 136 cm³/mol. The van der Waals surface area contributed by atoms with Gasteiger partial charge < -0.3 is 4.57 Å². The second kappa shape index (κ2) is 10.2. The molecule has 0 saturated carbocycles. The molecule has 1 saturated heterocycles. The number of aryl methyl sites for hydroxylation is 1. The van der Waals surface area contributed by atoms with E-state index < -0.39 is 0 Å². The molecule has 3 aromatic heterocycles. The summed E-state index contributed by atoms with van der Waals surface area (Å²) >= 11 is 3.04. The summed E-state index contributed by atoms with van der Waals surface area (Å²) < 4.78 is 4.22. The van der Waals surface area contributed by atoms with Gasteiger partial charge in [-0.25, -0.2) is 4.98 Å². The number of ketones is 1. The summed E-state index contributed by atoms with van der Waals surface area (Å²) in [4.78, 5) is 20.1. The monoisotopic (exact) mass is 492 g/mol. The zero-order valence-electron chi connectivity index (χ0n) is 19.5. The van der Waals surface area contributed by atoms with Crippen LogP contribution >= 0.6 is 23.1 Å². The molecule has 9 heteroatoms. The third kappa shape index (κ3) is 4.87. The summed E-state index contributed by atoms with van der Waals surface area (Å²) in [5, 5.41) is 12.6. The average molecular weight is 493 g/mol. The lowest BCUT2D eigenvalue weighted by atomic mass is 10.2. The maximum Gasteiger partial charge on any atom is 0.193 e. The summed E-state index contributed by atoms with van der Waals surface area (Å²) in [5.74, 6) is 1.37. The molecule has 1 aromatic carbocycles. The van der Waals surface area contributed by atoms with Crippen LogP contribution in [-0.2, 0) is 13.1 Å². The van der Waals surface area contributed by atoms with Crippen LogP contribution in [0.25, 0.3) is 5.13 Å². The molecule has 1 aliphatic heterocycles. The highest BCUT2D eigenvalue weighted by atomic mass is 32.2. The number of thioether (sulfide) groups is 1. The Hall–Kier alpha value is -2.75. The molecule has 0 bridgehead atoms. The molecule has 4 heterocycles. The van der Waals surface area contributed by atoms with Gasteiger partial charge in [-0.15, -0.1) is 21.5 Å². The van der Waals surface area contributed by atoms with Gasteiger partial charge in [-0.05, 0) is 51.4 Å². The molecule has 7 nitrogen and oxygen atoms in total. The lowest BCUT2D eigenvalue weighted by Crippen LogP contribution is -2.21. The van der Waals surface area contributed by atoms with Crippen molar-refractivity contribution in [1.29, 1.82) is 0 Å². The summed E-state index contributed by atoms with van der Waals surface area (Å²) in [7, 11) is 0. The maximum absolute atomic E-state index is 13.2. The molecule has 0 atom stereocenters. The Morgan fingerprint density at radius 3 is 2.62 bits per heavy atom.